The maximum atomic E-state index is 12.7. The molecule has 3 aromatic rings. The van der Waals surface area contributed by atoms with Gasteiger partial charge in [-0.05, 0) is 43.7 Å². The molecule has 2 aromatic heterocycles. The topological polar surface area (TPSA) is 79.2 Å². The summed E-state index contributed by atoms with van der Waals surface area (Å²) in [6.07, 6.45) is 5.55. The van der Waals surface area contributed by atoms with Gasteiger partial charge in [-0.1, -0.05) is 29.8 Å². The number of anilines is 2. The van der Waals surface area contributed by atoms with Crippen molar-refractivity contribution in [2.24, 2.45) is 0 Å². The largest absolute Gasteiger partial charge is 0.351 e. The van der Waals surface area contributed by atoms with E-state index in [4.69, 9.17) is 11.6 Å². The van der Waals surface area contributed by atoms with Gasteiger partial charge < -0.3 is 10.2 Å². The van der Waals surface area contributed by atoms with Crippen LogP contribution in [0.15, 0.2) is 54.9 Å². The van der Waals surface area contributed by atoms with Crippen LogP contribution in [0.1, 0.15) is 18.4 Å². The number of carbonyl (C=O) groups excluding carboxylic acids is 1. The number of amides is 1. The molecule has 1 aromatic carbocycles. The summed E-state index contributed by atoms with van der Waals surface area (Å²) in [5.74, 6) is 1.47. The second-order valence-corrected chi connectivity index (χ2v) is 8.19. The highest BCUT2D eigenvalue weighted by Crippen LogP contribution is 2.23. The summed E-state index contributed by atoms with van der Waals surface area (Å²) in [7, 11) is 1.97. The minimum absolute atomic E-state index is 0.0764. The zero-order chi connectivity index (χ0) is 21.6. The number of hydrogen-bond donors (Lipinski definition) is 1. The summed E-state index contributed by atoms with van der Waals surface area (Å²) in [6, 6.07) is 13.6. The zero-order valence-corrected chi connectivity index (χ0v) is 18.2. The smallest absolute Gasteiger partial charge is 0.239 e. The van der Waals surface area contributed by atoms with Crippen LogP contribution >= 0.6 is 11.6 Å². The van der Waals surface area contributed by atoms with E-state index in [1.807, 2.05) is 48.3 Å². The standard InChI is InChI=1S/C22H26ClN7O/c1-28(15-18-7-5-13-29(18)21-9-4-11-24-27-21)16-22(31)26-20-10-12-25-30(20)14-17-6-2-3-8-19(17)23/h2-4,6,8-12,18H,5,7,13-16H2,1H3,(H,26,31). The van der Waals surface area contributed by atoms with Crippen molar-refractivity contribution in [3.8, 4) is 0 Å². The van der Waals surface area contributed by atoms with Gasteiger partial charge in [0.25, 0.3) is 0 Å². The maximum Gasteiger partial charge on any atom is 0.239 e. The lowest BCUT2D eigenvalue weighted by Crippen LogP contribution is -2.42. The van der Waals surface area contributed by atoms with E-state index < -0.39 is 0 Å². The number of hydrogen-bond acceptors (Lipinski definition) is 6. The van der Waals surface area contributed by atoms with Crippen LogP contribution in [0.3, 0.4) is 0 Å². The third kappa shape index (κ3) is 5.39. The second-order valence-electron chi connectivity index (χ2n) is 7.78. The Morgan fingerprint density at radius 3 is 2.90 bits per heavy atom. The van der Waals surface area contributed by atoms with E-state index in [0.29, 0.717) is 30.0 Å². The monoisotopic (exact) mass is 439 g/mol. The molecule has 4 rings (SSSR count). The molecule has 1 N–H and O–H groups in total. The van der Waals surface area contributed by atoms with Crippen molar-refractivity contribution in [2.45, 2.75) is 25.4 Å². The number of likely N-dealkylation sites (N-methyl/N-ethyl adjacent to an activating group) is 1. The van der Waals surface area contributed by atoms with E-state index in [-0.39, 0.29) is 5.91 Å². The first-order valence-electron chi connectivity index (χ1n) is 10.4. The fourth-order valence-corrected chi connectivity index (χ4v) is 4.17. The molecule has 1 amide bonds. The average Bonchev–Trinajstić information content (AvgIpc) is 3.39. The van der Waals surface area contributed by atoms with E-state index in [1.165, 1.54) is 0 Å². The van der Waals surface area contributed by atoms with Gasteiger partial charge in [-0.15, -0.1) is 5.10 Å². The molecule has 0 spiro atoms. The highest BCUT2D eigenvalue weighted by atomic mass is 35.5. The van der Waals surface area contributed by atoms with Gasteiger partial charge in [0.2, 0.25) is 5.91 Å². The lowest BCUT2D eigenvalue weighted by Gasteiger charge is -2.28. The fourth-order valence-electron chi connectivity index (χ4n) is 3.98. The van der Waals surface area contributed by atoms with Crippen LogP contribution in [0.4, 0.5) is 11.6 Å². The highest BCUT2D eigenvalue weighted by Gasteiger charge is 2.27. The van der Waals surface area contributed by atoms with Crippen molar-refractivity contribution in [3.05, 3.63) is 65.4 Å². The van der Waals surface area contributed by atoms with Gasteiger partial charge in [-0.2, -0.15) is 10.2 Å². The van der Waals surface area contributed by atoms with Gasteiger partial charge in [0.1, 0.15) is 5.82 Å². The number of aromatic nitrogens is 4. The molecule has 9 heteroatoms. The highest BCUT2D eigenvalue weighted by molar-refractivity contribution is 6.31. The van der Waals surface area contributed by atoms with Crippen molar-refractivity contribution in [3.63, 3.8) is 0 Å². The Balaban J connectivity index is 1.32. The lowest BCUT2D eigenvalue weighted by molar-refractivity contribution is -0.117. The number of rotatable bonds is 8. The van der Waals surface area contributed by atoms with Gasteiger partial charge in [-0.25, -0.2) is 4.68 Å². The first-order chi connectivity index (χ1) is 15.1. The van der Waals surface area contributed by atoms with E-state index in [1.54, 1.807) is 23.1 Å². The molecule has 8 nitrogen and oxygen atoms in total. The quantitative estimate of drug-likeness (QED) is 0.581. The summed E-state index contributed by atoms with van der Waals surface area (Å²) in [5.41, 5.74) is 0.950. The van der Waals surface area contributed by atoms with Gasteiger partial charge in [-0.3, -0.25) is 9.69 Å². The molecule has 1 unspecified atom stereocenters. The minimum Gasteiger partial charge on any atom is -0.351 e. The van der Waals surface area contributed by atoms with Crippen LogP contribution in [0.2, 0.25) is 5.02 Å². The van der Waals surface area contributed by atoms with Crippen LogP contribution in [0.5, 0.6) is 0 Å². The van der Waals surface area contributed by atoms with E-state index >= 15 is 0 Å². The molecule has 1 aliphatic heterocycles. The van der Waals surface area contributed by atoms with Crippen LogP contribution in [-0.2, 0) is 11.3 Å². The Bertz CT molecular complexity index is 1010. The molecule has 3 heterocycles. The molecule has 1 atom stereocenters. The number of halogens is 1. The molecule has 0 bridgehead atoms. The Kier molecular flexibility index (Phi) is 6.79. The van der Waals surface area contributed by atoms with Gasteiger partial charge in [0.15, 0.2) is 5.82 Å². The predicted octanol–water partition coefficient (Wildman–Crippen LogP) is 2.91. The van der Waals surface area contributed by atoms with Crippen molar-refractivity contribution in [1.82, 2.24) is 24.9 Å². The second kappa shape index (κ2) is 9.89. The zero-order valence-electron chi connectivity index (χ0n) is 17.5. The molecule has 1 aliphatic rings. The molecule has 0 aliphatic carbocycles. The normalized spacial score (nSPS) is 16.1. The van der Waals surface area contributed by atoms with E-state index in [0.717, 1.165) is 37.3 Å². The SMILES string of the molecule is CN(CC(=O)Nc1ccnn1Cc1ccccc1Cl)CC1CCCN1c1cccnn1. The Morgan fingerprint density at radius 1 is 1.23 bits per heavy atom. The van der Waals surface area contributed by atoms with Crippen molar-refractivity contribution in [1.29, 1.82) is 0 Å². The van der Waals surface area contributed by atoms with Crippen molar-refractivity contribution >= 4 is 29.1 Å². The number of nitrogens with one attached hydrogen (secondary N) is 1. The Labute approximate surface area is 186 Å². The summed E-state index contributed by atoms with van der Waals surface area (Å²) in [6.45, 7) is 2.53. The molecular weight excluding hydrogens is 414 g/mol. The molecular formula is C22H26ClN7O. The lowest BCUT2D eigenvalue weighted by atomic mass is 10.2. The molecule has 0 radical (unpaired) electrons. The Hall–Kier alpha value is -2.97. The molecule has 162 valence electrons. The molecule has 1 saturated heterocycles. The first kappa shape index (κ1) is 21.3. The summed E-state index contributed by atoms with van der Waals surface area (Å²) < 4.78 is 1.74. The van der Waals surface area contributed by atoms with Crippen LogP contribution in [0, 0.1) is 0 Å². The number of benzene rings is 1. The molecule has 31 heavy (non-hydrogen) atoms. The Morgan fingerprint density at radius 2 is 2.10 bits per heavy atom. The predicted molar refractivity (Wildman–Crippen MR) is 121 cm³/mol. The van der Waals surface area contributed by atoms with Gasteiger partial charge in [0, 0.05) is 36.4 Å². The van der Waals surface area contributed by atoms with Crippen molar-refractivity contribution < 1.29 is 4.79 Å². The number of carbonyl (C=O) groups is 1. The van der Waals surface area contributed by atoms with Gasteiger partial charge in [0.05, 0.1) is 19.3 Å². The minimum atomic E-state index is -0.0764. The summed E-state index contributed by atoms with van der Waals surface area (Å²) in [5, 5.41) is 16.2. The van der Waals surface area contributed by atoms with E-state index in [9.17, 15) is 4.79 Å². The number of nitrogens with zero attached hydrogens (tertiary/aromatic N) is 6. The molecule has 0 saturated carbocycles. The van der Waals surface area contributed by atoms with Crippen LogP contribution < -0.4 is 10.2 Å². The average molecular weight is 440 g/mol. The first-order valence-corrected chi connectivity index (χ1v) is 10.8. The third-order valence-electron chi connectivity index (χ3n) is 5.43. The third-order valence-corrected chi connectivity index (χ3v) is 5.80. The van der Waals surface area contributed by atoms with E-state index in [2.05, 4.69) is 25.5 Å². The molecule has 1 fully saturated rings. The van der Waals surface area contributed by atoms with Crippen LogP contribution in [0.25, 0.3) is 0 Å². The summed E-state index contributed by atoms with van der Waals surface area (Å²) in [4.78, 5) is 17.0. The summed E-state index contributed by atoms with van der Waals surface area (Å²) >= 11 is 6.26. The van der Waals surface area contributed by atoms with Crippen molar-refractivity contribution in [2.75, 3.05) is 36.9 Å². The van der Waals surface area contributed by atoms with Gasteiger partial charge >= 0.3 is 0 Å². The maximum absolute atomic E-state index is 12.7. The van der Waals surface area contributed by atoms with Crippen LogP contribution in [-0.4, -0.2) is 63.5 Å². The fraction of sp³-hybridized carbons (Fsp3) is 0.364.